The number of hydrogen-bond acceptors (Lipinski definition) is 2. The average molecular weight is 157 g/mol. The van der Waals surface area contributed by atoms with Crippen LogP contribution in [0.4, 0.5) is 0 Å². The summed E-state index contributed by atoms with van der Waals surface area (Å²) in [5, 5.41) is 0. The van der Waals surface area contributed by atoms with Crippen molar-refractivity contribution >= 4 is 5.84 Å². The Morgan fingerprint density at radius 2 is 1.91 bits per heavy atom. The Labute approximate surface area is 69.3 Å². The van der Waals surface area contributed by atoms with Gasteiger partial charge in [0, 0.05) is 20.0 Å². The molecular weight excluding hydrogens is 138 g/mol. The third-order valence-electron chi connectivity index (χ3n) is 1.87. The highest BCUT2D eigenvalue weighted by Gasteiger charge is 1.98. The Morgan fingerprint density at radius 1 is 1.36 bits per heavy atom. The van der Waals surface area contributed by atoms with E-state index in [9.17, 15) is 0 Å². The quantitative estimate of drug-likeness (QED) is 0.471. The van der Waals surface area contributed by atoms with Gasteiger partial charge in [0.05, 0.1) is 5.84 Å². The number of hydrogen-bond donors (Lipinski definition) is 1. The van der Waals surface area contributed by atoms with Crippen LogP contribution in [0, 0.1) is 0 Å². The maximum Gasteiger partial charge on any atom is 0.0946 e. The molecule has 0 saturated carbocycles. The van der Waals surface area contributed by atoms with E-state index in [0.717, 1.165) is 31.9 Å². The Hall–Kier alpha value is -0.570. The fourth-order valence-electron chi connectivity index (χ4n) is 0.924. The molecule has 0 aromatic rings. The van der Waals surface area contributed by atoms with Crippen molar-refractivity contribution in [1.82, 2.24) is 4.90 Å². The molecule has 0 saturated heterocycles. The summed E-state index contributed by atoms with van der Waals surface area (Å²) in [6.45, 7) is 7.52. The lowest BCUT2D eigenvalue weighted by Gasteiger charge is -2.16. The molecule has 0 aromatic carbocycles. The number of nitrogens with two attached hydrogens (primary N) is 1. The van der Waals surface area contributed by atoms with Crippen molar-refractivity contribution in [2.75, 3.05) is 26.7 Å². The van der Waals surface area contributed by atoms with Crippen LogP contribution in [-0.4, -0.2) is 37.4 Å². The zero-order valence-corrected chi connectivity index (χ0v) is 7.80. The van der Waals surface area contributed by atoms with E-state index >= 15 is 0 Å². The van der Waals surface area contributed by atoms with Crippen molar-refractivity contribution in [3.05, 3.63) is 0 Å². The summed E-state index contributed by atoms with van der Waals surface area (Å²) < 4.78 is 0. The minimum absolute atomic E-state index is 0.747. The van der Waals surface area contributed by atoms with Gasteiger partial charge < -0.3 is 10.6 Å². The van der Waals surface area contributed by atoms with Gasteiger partial charge in [0.25, 0.3) is 0 Å². The molecule has 0 unspecified atom stereocenters. The predicted octanol–water partition coefficient (Wildman–Crippen LogP) is 0.705. The predicted molar refractivity (Wildman–Crippen MR) is 50.0 cm³/mol. The molecular formula is C8H19N3. The first-order chi connectivity index (χ1) is 5.24. The maximum absolute atomic E-state index is 5.55. The molecule has 0 aliphatic heterocycles. The summed E-state index contributed by atoms with van der Waals surface area (Å²) in [5.74, 6) is 0.747. The van der Waals surface area contributed by atoms with Gasteiger partial charge in [0.1, 0.15) is 0 Å². The van der Waals surface area contributed by atoms with E-state index in [-0.39, 0.29) is 0 Å². The van der Waals surface area contributed by atoms with Crippen molar-refractivity contribution in [1.29, 1.82) is 0 Å². The molecule has 0 aliphatic carbocycles. The van der Waals surface area contributed by atoms with E-state index in [4.69, 9.17) is 5.73 Å². The molecule has 0 aromatic heterocycles. The topological polar surface area (TPSA) is 41.6 Å². The highest BCUT2D eigenvalue weighted by atomic mass is 15.1. The smallest absolute Gasteiger partial charge is 0.0946 e. The first-order valence-electron chi connectivity index (χ1n) is 4.18. The van der Waals surface area contributed by atoms with Crippen LogP contribution in [0.15, 0.2) is 4.99 Å². The second kappa shape index (κ2) is 6.16. The van der Waals surface area contributed by atoms with Gasteiger partial charge in [-0.1, -0.05) is 13.8 Å². The lowest BCUT2D eigenvalue weighted by molar-refractivity contribution is 0.313. The summed E-state index contributed by atoms with van der Waals surface area (Å²) in [6, 6.07) is 0. The Balaban J connectivity index is 3.50. The van der Waals surface area contributed by atoms with Crippen molar-refractivity contribution in [3.63, 3.8) is 0 Å². The van der Waals surface area contributed by atoms with Crippen LogP contribution in [0.2, 0.25) is 0 Å². The molecule has 0 spiro atoms. The second-order valence-electron chi connectivity index (χ2n) is 2.49. The van der Waals surface area contributed by atoms with E-state index < -0.39 is 0 Å². The largest absolute Gasteiger partial charge is 0.387 e. The van der Waals surface area contributed by atoms with Crippen LogP contribution in [0.3, 0.4) is 0 Å². The highest BCUT2D eigenvalue weighted by Crippen LogP contribution is 1.89. The molecule has 0 heterocycles. The lowest BCUT2D eigenvalue weighted by Crippen LogP contribution is -2.27. The zero-order valence-electron chi connectivity index (χ0n) is 7.80. The summed E-state index contributed by atoms with van der Waals surface area (Å²) in [5.41, 5.74) is 5.55. The molecule has 11 heavy (non-hydrogen) atoms. The fourth-order valence-corrected chi connectivity index (χ4v) is 0.924. The van der Waals surface area contributed by atoms with Gasteiger partial charge in [-0.3, -0.25) is 4.99 Å². The minimum Gasteiger partial charge on any atom is -0.387 e. The standard InChI is InChI=1S/C8H19N3/c1-4-11(5-2)7-6-8(9)10-3/h4-7H2,1-3H3,(H2,9,10). The van der Waals surface area contributed by atoms with Crippen LogP contribution in [0.5, 0.6) is 0 Å². The summed E-state index contributed by atoms with van der Waals surface area (Å²) in [7, 11) is 1.73. The van der Waals surface area contributed by atoms with Crippen LogP contribution in [-0.2, 0) is 0 Å². The third-order valence-corrected chi connectivity index (χ3v) is 1.87. The molecule has 0 fully saturated rings. The Bertz CT molecular complexity index is 117. The second-order valence-corrected chi connectivity index (χ2v) is 2.49. The van der Waals surface area contributed by atoms with Gasteiger partial charge >= 0.3 is 0 Å². The van der Waals surface area contributed by atoms with Gasteiger partial charge in [-0.05, 0) is 13.1 Å². The average Bonchev–Trinajstić information content (AvgIpc) is 2.06. The molecule has 3 heteroatoms. The maximum atomic E-state index is 5.55. The lowest BCUT2D eigenvalue weighted by atomic mass is 10.3. The molecule has 2 N–H and O–H groups in total. The van der Waals surface area contributed by atoms with Gasteiger partial charge in [-0.2, -0.15) is 0 Å². The fraction of sp³-hybridized carbons (Fsp3) is 0.875. The number of nitrogens with zero attached hydrogens (tertiary/aromatic N) is 2. The van der Waals surface area contributed by atoms with Gasteiger partial charge in [0.2, 0.25) is 0 Å². The highest BCUT2D eigenvalue weighted by molar-refractivity contribution is 5.80. The minimum atomic E-state index is 0.747. The summed E-state index contributed by atoms with van der Waals surface area (Å²) in [6.07, 6.45) is 0.887. The van der Waals surface area contributed by atoms with Crippen molar-refractivity contribution < 1.29 is 0 Å². The van der Waals surface area contributed by atoms with Crippen LogP contribution < -0.4 is 5.73 Å². The van der Waals surface area contributed by atoms with Crippen molar-refractivity contribution in [2.24, 2.45) is 10.7 Å². The van der Waals surface area contributed by atoms with Crippen LogP contribution >= 0.6 is 0 Å². The Morgan fingerprint density at radius 3 is 2.27 bits per heavy atom. The first-order valence-corrected chi connectivity index (χ1v) is 4.18. The van der Waals surface area contributed by atoms with E-state index in [1.807, 2.05) is 0 Å². The van der Waals surface area contributed by atoms with E-state index in [0.29, 0.717) is 0 Å². The SMILES string of the molecule is CCN(CC)CCC(N)=NC. The summed E-state index contributed by atoms with van der Waals surface area (Å²) in [4.78, 5) is 6.23. The molecule has 0 bridgehead atoms. The van der Waals surface area contributed by atoms with E-state index in [1.54, 1.807) is 7.05 Å². The summed E-state index contributed by atoms with van der Waals surface area (Å²) >= 11 is 0. The third kappa shape index (κ3) is 4.79. The molecule has 0 aliphatic rings. The molecule has 0 radical (unpaired) electrons. The van der Waals surface area contributed by atoms with Gasteiger partial charge in [-0.15, -0.1) is 0 Å². The van der Waals surface area contributed by atoms with Crippen molar-refractivity contribution in [2.45, 2.75) is 20.3 Å². The Kier molecular flexibility index (Phi) is 5.84. The zero-order chi connectivity index (χ0) is 8.69. The van der Waals surface area contributed by atoms with E-state index in [2.05, 4.69) is 23.7 Å². The molecule has 0 rings (SSSR count). The van der Waals surface area contributed by atoms with Gasteiger partial charge in [-0.25, -0.2) is 0 Å². The monoisotopic (exact) mass is 157 g/mol. The van der Waals surface area contributed by atoms with E-state index in [1.165, 1.54) is 0 Å². The van der Waals surface area contributed by atoms with Crippen LogP contribution in [0.25, 0.3) is 0 Å². The molecule has 66 valence electrons. The van der Waals surface area contributed by atoms with Crippen molar-refractivity contribution in [3.8, 4) is 0 Å². The molecule has 3 nitrogen and oxygen atoms in total. The number of amidine groups is 1. The first kappa shape index (κ1) is 10.4. The van der Waals surface area contributed by atoms with Gasteiger partial charge in [0.15, 0.2) is 0 Å². The van der Waals surface area contributed by atoms with Crippen LogP contribution in [0.1, 0.15) is 20.3 Å². The number of aliphatic imine (C=N–C) groups is 1. The molecule has 0 atom stereocenters. The number of rotatable bonds is 5. The molecule has 0 amide bonds. The normalized spacial score (nSPS) is 12.5.